The zero-order valence-corrected chi connectivity index (χ0v) is 42.2. The second-order valence-electron chi connectivity index (χ2n) is 19.4. The molecule has 0 aliphatic carbocycles. The molecule has 0 saturated carbocycles. The van der Waals surface area contributed by atoms with Crippen molar-refractivity contribution in [2.75, 3.05) is 36.1 Å². The van der Waals surface area contributed by atoms with Crippen LogP contribution in [0.3, 0.4) is 0 Å². The van der Waals surface area contributed by atoms with Crippen molar-refractivity contribution in [1.82, 2.24) is 5.06 Å². The zero-order valence-electron chi connectivity index (χ0n) is 40.6. The molecular weight excluding hydrogens is 931 g/mol. The zero-order chi connectivity index (χ0) is 50.4. The molecule has 14 nitrogen and oxygen atoms in total. The maximum Gasteiger partial charge on any atom is 0.333 e. The number of ether oxygens (including phenoxy) is 1. The number of hydroxylamine groups is 2. The fraction of sp³-hybridized carbons (Fsp3) is 0.407. The molecule has 7 rings (SSSR count). The van der Waals surface area contributed by atoms with Crippen molar-refractivity contribution in [3.63, 3.8) is 0 Å². The number of hydrogen-bond donors (Lipinski definition) is 2. The normalized spacial score (nSPS) is 18.5. The van der Waals surface area contributed by atoms with E-state index in [-0.39, 0.29) is 29.8 Å². The average Bonchev–Trinajstić information content (AvgIpc) is 3.77. The molecule has 2 N–H and O–H groups in total. The molecule has 70 heavy (non-hydrogen) atoms. The first kappa shape index (κ1) is 51.9. The van der Waals surface area contributed by atoms with Crippen LogP contribution in [0.1, 0.15) is 104 Å². The van der Waals surface area contributed by atoms with E-state index in [4.69, 9.17) is 9.57 Å². The highest BCUT2D eigenvalue weighted by atomic mass is 32.2. The summed E-state index contributed by atoms with van der Waals surface area (Å²) in [4.78, 5) is 43.6. The van der Waals surface area contributed by atoms with Crippen molar-refractivity contribution < 1.29 is 54.5 Å². The topological polar surface area (TPSA) is 188 Å². The molecule has 1 saturated heterocycles. The molecule has 1 fully saturated rings. The second kappa shape index (κ2) is 21.6. The van der Waals surface area contributed by atoms with Crippen molar-refractivity contribution >= 4 is 76.7 Å². The van der Waals surface area contributed by atoms with Crippen LogP contribution in [0, 0.1) is 5.92 Å². The van der Waals surface area contributed by atoms with E-state index in [9.17, 15) is 40.3 Å². The Bertz CT molecular complexity index is 3060. The van der Waals surface area contributed by atoms with Crippen molar-refractivity contribution in [2.45, 2.75) is 103 Å². The molecule has 0 radical (unpaired) electrons. The van der Waals surface area contributed by atoms with Gasteiger partial charge >= 0.3 is 5.97 Å². The highest BCUT2D eigenvalue weighted by Gasteiger charge is 2.46. The summed E-state index contributed by atoms with van der Waals surface area (Å²) < 4.78 is 73.4. The van der Waals surface area contributed by atoms with Gasteiger partial charge < -0.3 is 14.5 Å². The minimum Gasteiger partial charge on any atom is -0.494 e. The van der Waals surface area contributed by atoms with Gasteiger partial charge in [-0.25, -0.2) is 4.79 Å². The number of fused-ring (bicyclic) bond motifs is 6. The number of hydrogen-bond acceptors (Lipinski definition) is 10. The number of carbonyl (C=O) groups is 3. The Morgan fingerprint density at radius 1 is 0.757 bits per heavy atom. The predicted octanol–water partition coefficient (Wildman–Crippen LogP) is 9.85. The van der Waals surface area contributed by atoms with E-state index in [0.717, 1.165) is 44.5 Å². The largest absolute Gasteiger partial charge is 0.494 e. The predicted molar refractivity (Wildman–Crippen MR) is 274 cm³/mol. The van der Waals surface area contributed by atoms with Gasteiger partial charge in [0.05, 0.1) is 23.5 Å². The average molecular weight is 995 g/mol. The monoisotopic (exact) mass is 994 g/mol. The van der Waals surface area contributed by atoms with Crippen molar-refractivity contribution in [2.24, 2.45) is 5.92 Å². The maximum atomic E-state index is 12.3. The Morgan fingerprint density at radius 2 is 1.43 bits per heavy atom. The lowest BCUT2D eigenvalue weighted by Gasteiger charge is -2.27. The summed E-state index contributed by atoms with van der Waals surface area (Å²) in [5.74, 6) is -2.01. The molecular formula is C54H64N3O11S2+. The van der Waals surface area contributed by atoms with Crippen LogP contribution in [0.15, 0.2) is 115 Å². The van der Waals surface area contributed by atoms with E-state index in [1.807, 2.05) is 60.7 Å². The molecule has 3 heterocycles. The molecule has 1 atom stereocenters. The molecule has 3 aliphatic heterocycles. The van der Waals surface area contributed by atoms with E-state index in [2.05, 4.69) is 85.7 Å². The van der Waals surface area contributed by atoms with Gasteiger partial charge in [-0.2, -0.15) is 21.4 Å². The van der Waals surface area contributed by atoms with Crippen LogP contribution in [0.5, 0.6) is 5.75 Å². The van der Waals surface area contributed by atoms with Crippen LogP contribution < -0.4 is 9.64 Å². The van der Waals surface area contributed by atoms with Gasteiger partial charge in [-0.3, -0.25) is 18.7 Å². The lowest BCUT2D eigenvalue weighted by atomic mass is 9.79. The SMILES string of the molecule is CC1CC(=O)N(OC(=O)CCCCCOc2ccc3ccc4c(c3c2)C(C)(C)C(C=CC=CC=CC=C2N(CCCCS(=O)(=O)O)c3ccc5ccccc5c3C2(C)C)=[N+]4CCCCS(=O)(=O)O)C1=O. The number of anilines is 1. The van der Waals surface area contributed by atoms with E-state index in [1.54, 1.807) is 6.92 Å². The third-order valence-corrected chi connectivity index (χ3v) is 15.0. The number of rotatable bonds is 22. The number of imide groups is 1. The van der Waals surface area contributed by atoms with Gasteiger partial charge in [0, 0.05) is 66.2 Å². The molecule has 0 bridgehead atoms. The number of amides is 2. The van der Waals surface area contributed by atoms with Gasteiger partial charge in [0.2, 0.25) is 5.69 Å². The van der Waals surface area contributed by atoms with Crippen LogP contribution in [0.4, 0.5) is 11.4 Å². The highest BCUT2D eigenvalue weighted by molar-refractivity contribution is 7.86. The standard InChI is InChI=1S/C54H63N3O11S2/c1-38-36-48(58)57(52(38)60)68-49(59)24-12-9-17-33-67-41-28-25-40-27-30-45-51(43(40)37-41)54(4,5)47(56(45)32-16-19-35-70(64,65)66)23-11-8-6-7-10-22-46-53(2,3)50-42-21-14-13-20-39(42)26-29-44(50)55(46)31-15-18-34-69(61,62)63/h6-8,10-11,13-14,20-23,25-30,37-38H,9,12,15-19,24,31-36H2,1-5H3,(H-,61,62,63,64,65,66)/p+1. The maximum absolute atomic E-state index is 12.3. The molecule has 0 spiro atoms. The quantitative estimate of drug-likeness (QED) is 0.0250. The molecule has 16 heteroatoms. The second-order valence-corrected chi connectivity index (χ2v) is 22.5. The molecule has 3 aliphatic rings. The first-order valence-electron chi connectivity index (χ1n) is 24.0. The third kappa shape index (κ3) is 12.0. The van der Waals surface area contributed by atoms with Crippen molar-refractivity contribution in [3.8, 4) is 5.75 Å². The van der Waals surface area contributed by atoms with Crippen LogP contribution in [0.25, 0.3) is 21.5 Å². The van der Waals surface area contributed by atoms with E-state index >= 15 is 0 Å². The summed E-state index contributed by atoms with van der Waals surface area (Å²) in [6.45, 7) is 11.9. The van der Waals surface area contributed by atoms with Gasteiger partial charge in [-0.15, -0.1) is 5.06 Å². The van der Waals surface area contributed by atoms with Gasteiger partial charge in [0.15, 0.2) is 5.71 Å². The lowest BCUT2D eigenvalue weighted by Crippen LogP contribution is -2.33. The number of unbranched alkanes of at least 4 members (excludes halogenated alkanes) is 4. The number of carbonyl (C=O) groups excluding carboxylic acids is 3. The minimum atomic E-state index is -4.10. The Kier molecular flexibility index (Phi) is 16.0. The summed E-state index contributed by atoms with van der Waals surface area (Å²) in [5.41, 5.74) is 5.70. The smallest absolute Gasteiger partial charge is 0.333 e. The summed E-state index contributed by atoms with van der Waals surface area (Å²) in [6, 6.07) is 22.8. The molecule has 0 aromatic heterocycles. The number of benzene rings is 4. The van der Waals surface area contributed by atoms with E-state index in [1.165, 1.54) is 10.9 Å². The van der Waals surface area contributed by atoms with E-state index < -0.39 is 49.4 Å². The lowest BCUT2D eigenvalue weighted by molar-refractivity contribution is -0.438. The first-order valence-corrected chi connectivity index (χ1v) is 27.2. The number of nitrogens with zero attached hydrogens (tertiary/aromatic N) is 3. The van der Waals surface area contributed by atoms with Gasteiger partial charge in [0.1, 0.15) is 12.3 Å². The number of allylic oxidation sites excluding steroid dienone is 8. The third-order valence-electron chi connectivity index (χ3n) is 13.4. The molecule has 372 valence electrons. The minimum absolute atomic E-state index is 0.0363. The molecule has 1 unspecified atom stereocenters. The molecule has 2 amide bonds. The van der Waals surface area contributed by atoms with Crippen LogP contribution in [0.2, 0.25) is 0 Å². The summed E-state index contributed by atoms with van der Waals surface area (Å²) in [5, 5.41) is 4.97. The first-order chi connectivity index (χ1) is 33.2. The van der Waals surface area contributed by atoms with Gasteiger partial charge in [-0.05, 0) is 110 Å². The van der Waals surface area contributed by atoms with Gasteiger partial charge in [0.25, 0.3) is 32.1 Å². The van der Waals surface area contributed by atoms with E-state index in [0.29, 0.717) is 75.5 Å². The van der Waals surface area contributed by atoms with Crippen molar-refractivity contribution in [3.05, 3.63) is 126 Å². The Hall–Kier alpha value is -5.94. The van der Waals surface area contributed by atoms with Crippen molar-refractivity contribution in [1.29, 1.82) is 0 Å². The Labute approximate surface area is 411 Å². The van der Waals surface area contributed by atoms with Crippen LogP contribution >= 0.6 is 0 Å². The molecule has 4 aromatic carbocycles. The molecule has 4 aromatic rings. The summed E-state index contributed by atoms with van der Waals surface area (Å²) >= 11 is 0. The summed E-state index contributed by atoms with van der Waals surface area (Å²) in [7, 11) is -8.15. The fourth-order valence-electron chi connectivity index (χ4n) is 10.0. The highest BCUT2D eigenvalue weighted by Crippen LogP contribution is 2.51. The Balaban J connectivity index is 1.05. The van der Waals surface area contributed by atoms with Gasteiger partial charge in [-0.1, -0.05) is 87.5 Å². The fourth-order valence-corrected chi connectivity index (χ4v) is 11.1. The van der Waals surface area contributed by atoms with Crippen LogP contribution in [-0.4, -0.2) is 90.3 Å². The summed E-state index contributed by atoms with van der Waals surface area (Å²) in [6.07, 6.45) is 17.8. The Morgan fingerprint density at radius 3 is 2.16 bits per heavy atom. The van der Waals surface area contributed by atoms with Crippen LogP contribution in [-0.2, 0) is 50.3 Å².